The van der Waals surface area contributed by atoms with Crippen LogP contribution in [-0.2, 0) is 6.54 Å². The third kappa shape index (κ3) is 2.24. The second kappa shape index (κ2) is 5.39. The topological polar surface area (TPSA) is 45.4 Å². The molecule has 0 fully saturated rings. The molecule has 1 heterocycles. The van der Waals surface area contributed by atoms with Gasteiger partial charge in [-0.15, -0.1) is 11.8 Å². The van der Waals surface area contributed by atoms with E-state index in [9.17, 15) is 0 Å². The van der Waals surface area contributed by atoms with Crippen LogP contribution in [0, 0.1) is 0 Å². The molecule has 16 heavy (non-hydrogen) atoms. The molecule has 1 aromatic heterocycles. The predicted molar refractivity (Wildman–Crippen MR) is 66.8 cm³/mol. The Morgan fingerprint density at radius 1 is 1.12 bits per heavy atom. The molecule has 1 aromatic carbocycles. The molecule has 2 aromatic rings. The molecule has 2 N–H and O–H groups in total. The standard InChI is InChI=1S/C12H15NO2S/c14-6-5-13-9-10-3-1-2-4-11(10)12(13)16-8-7-15/h1-4,9,14-15H,5-8H2. The van der Waals surface area contributed by atoms with E-state index in [-0.39, 0.29) is 13.2 Å². The predicted octanol–water partition coefficient (Wildman–Crippen LogP) is 1.72. The quantitative estimate of drug-likeness (QED) is 0.778. The first-order valence-electron chi connectivity index (χ1n) is 5.29. The molecule has 3 nitrogen and oxygen atoms in total. The largest absolute Gasteiger partial charge is 0.396 e. The fraction of sp³-hybridized carbons (Fsp3) is 0.333. The number of aliphatic hydroxyl groups is 2. The number of fused-ring (bicyclic) bond motifs is 1. The van der Waals surface area contributed by atoms with Gasteiger partial charge in [0.2, 0.25) is 0 Å². The van der Waals surface area contributed by atoms with E-state index in [1.807, 2.05) is 22.9 Å². The van der Waals surface area contributed by atoms with Gasteiger partial charge in [0.05, 0.1) is 18.2 Å². The van der Waals surface area contributed by atoms with Gasteiger partial charge in [0.25, 0.3) is 0 Å². The normalized spacial score (nSPS) is 11.1. The zero-order valence-electron chi connectivity index (χ0n) is 8.97. The van der Waals surface area contributed by atoms with E-state index in [4.69, 9.17) is 10.2 Å². The van der Waals surface area contributed by atoms with Crippen LogP contribution in [0.4, 0.5) is 0 Å². The van der Waals surface area contributed by atoms with Gasteiger partial charge in [-0.25, -0.2) is 0 Å². The van der Waals surface area contributed by atoms with Crippen molar-refractivity contribution < 1.29 is 10.2 Å². The third-order valence-corrected chi connectivity index (χ3v) is 3.53. The summed E-state index contributed by atoms with van der Waals surface area (Å²) in [6, 6.07) is 8.15. The Bertz CT molecular complexity index is 467. The lowest BCUT2D eigenvalue weighted by Gasteiger charge is -2.06. The summed E-state index contributed by atoms with van der Waals surface area (Å²) in [7, 11) is 0. The van der Waals surface area contributed by atoms with Crippen molar-refractivity contribution in [1.29, 1.82) is 0 Å². The first-order valence-corrected chi connectivity index (χ1v) is 6.27. The highest BCUT2D eigenvalue weighted by atomic mass is 32.2. The van der Waals surface area contributed by atoms with Crippen molar-refractivity contribution >= 4 is 22.5 Å². The molecule has 0 unspecified atom stereocenters. The molecule has 0 saturated heterocycles. The van der Waals surface area contributed by atoms with Crippen molar-refractivity contribution in [1.82, 2.24) is 4.57 Å². The minimum absolute atomic E-state index is 0.133. The SMILES string of the molecule is OCCSc1c2ccccc2cn1CCO. The number of rotatable bonds is 5. The van der Waals surface area contributed by atoms with E-state index < -0.39 is 0 Å². The molecular formula is C12H15NO2S. The summed E-state index contributed by atoms with van der Waals surface area (Å²) in [6.07, 6.45) is 2.05. The van der Waals surface area contributed by atoms with E-state index >= 15 is 0 Å². The van der Waals surface area contributed by atoms with Crippen molar-refractivity contribution in [3.63, 3.8) is 0 Å². The molecule has 2 rings (SSSR count). The summed E-state index contributed by atoms with van der Waals surface area (Å²) < 4.78 is 2.05. The van der Waals surface area contributed by atoms with Crippen LogP contribution in [0.3, 0.4) is 0 Å². The van der Waals surface area contributed by atoms with Crippen LogP contribution in [0.1, 0.15) is 0 Å². The number of nitrogens with zero attached hydrogens (tertiary/aromatic N) is 1. The Labute approximate surface area is 98.7 Å². The van der Waals surface area contributed by atoms with Gasteiger partial charge in [-0.2, -0.15) is 0 Å². The van der Waals surface area contributed by atoms with Crippen LogP contribution < -0.4 is 0 Å². The maximum absolute atomic E-state index is 9.02. The molecule has 86 valence electrons. The Balaban J connectivity index is 2.42. The van der Waals surface area contributed by atoms with Crippen molar-refractivity contribution in [2.45, 2.75) is 11.6 Å². The van der Waals surface area contributed by atoms with E-state index in [1.54, 1.807) is 11.8 Å². The lowest BCUT2D eigenvalue weighted by Crippen LogP contribution is -2.02. The van der Waals surface area contributed by atoms with Gasteiger partial charge in [0.15, 0.2) is 0 Å². The van der Waals surface area contributed by atoms with Crippen LogP contribution in [0.5, 0.6) is 0 Å². The number of hydrogen-bond acceptors (Lipinski definition) is 3. The molecule has 0 aliphatic rings. The average molecular weight is 237 g/mol. The van der Waals surface area contributed by atoms with Gasteiger partial charge in [0, 0.05) is 29.3 Å². The highest BCUT2D eigenvalue weighted by Gasteiger charge is 2.08. The molecule has 4 heteroatoms. The van der Waals surface area contributed by atoms with Crippen molar-refractivity contribution in [2.24, 2.45) is 0 Å². The van der Waals surface area contributed by atoms with Gasteiger partial charge >= 0.3 is 0 Å². The van der Waals surface area contributed by atoms with Crippen LogP contribution >= 0.6 is 11.8 Å². The minimum atomic E-state index is 0.133. The summed E-state index contributed by atoms with van der Waals surface area (Å²) in [6.45, 7) is 0.902. The van der Waals surface area contributed by atoms with Crippen LogP contribution in [0.15, 0.2) is 35.5 Å². The van der Waals surface area contributed by atoms with Gasteiger partial charge in [-0.1, -0.05) is 24.3 Å². The molecule has 0 aliphatic heterocycles. The highest BCUT2D eigenvalue weighted by Crippen LogP contribution is 2.29. The summed E-state index contributed by atoms with van der Waals surface area (Å²) in [5.74, 6) is 0.680. The average Bonchev–Trinajstić information content (AvgIpc) is 2.65. The number of hydrogen-bond donors (Lipinski definition) is 2. The Hall–Kier alpha value is -0.970. The lowest BCUT2D eigenvalue weighted by molar-refractivity contribution is 0.272. The maximum Gasteiger partial charge on any atom is 0.0829 e. The fourth-order valence-corrected chi connectivity index (χ4v) is 2.70. The smallest absolute Gasteiger partial charge is 0.0829 e. The Kier molecular flexibility index (Phi) is 3.88. The maximum atomic E-state index is 9.02. The molecule has 0 saturated carbocycles. The van der Waals surface area contributed by atoms with E-state index in [0.29, 0.717) is 12.3 Å². The summed E-state index contributed by atoms with van der Waals surface area (Å²) in [4.78, 5) is 0. The fourth-order valence-electron chi connectivity index (χ4n) is 1.76. The van der Waals surface area contributed by atoms with Crippen molar-refractivity contribution in [3.05, 3.63) is 30.5 Å². The van der Waals surface area contributed by atoms with Gasteiger partial charge in [-0.3, -0.25) is 0 Å². The van der Waals surface area contributed by atoms with E-state index in [1.165, 1.54) is 10.8 Å². The number of benzene rings is 1. The molecule has 0 aliphatic carbocycles. The number of thioether (sulfide) groups is 1. The third-order valence-electron chi connectivity index (χ3n) is 2.42. The van der Waals surface area contributed by atoms with Crippen LogP contribution in [0.2, 0.25) is 0 Å². The van der Waals surface area contributed by atoms with Crippen LogP contribution in [-0.4, -0.2) is 33.7 Å². The summed E-state index contributed by atoms with van der Waals surface area (Å²) in [5, 5.41) is 21.4. The monoisotopic (exact) mass is 237 g/mol. The second-order valence-corrected chi connectivity index (χ2v) is 4.59. The molecule has 0 radical (unpaired) electrons. The van der Waals surface area contributed by atoms with E-state index in [0.717, 1.165) is 5.03 Å². The zero-order chi connectivity index (χ0) is 11.4. The molecule has 0 bridgehead atoms. The summed E-state index contributed by atoms with van der Waals surface area (Å²) >= 11 is 1.62. The van der Waals surface area contributed by atoms with Gasteiger partial charge in [-0.05, 0) is 0 Å². The number of aliphatic hydroxyl groups excluding tert-OH is 2. The molecular weight excluding hydrogens is 222 g/mol. The Morgan fingerprint density at radius 2 is 1.94 bits per heavy atom. The van der Waals surface area contributed by atoms with Crippen molar-refractivity contribution in [3.8, 4) is 0 Å². The minimum Gasteiger partial charge on any atom is -0.396 e. The molecule has 0 spiro atoms. The Morgan fingerprint density at radius 3 is 2.69 bits per heavy atom. The van der Waals surface area contributed by atoms with Crippen molar-refractivity contribution in [2.75, 3.05) is 19.0 Å². The first kappa shape index (κ1) is 11.5. The van der Waals surface area contributed by atoms with Gasteiger partial charge in [0.1, 0.15) is 0 Å². The molecule has 0 amide bonds. The highest BCUT2D eigenvalue weighted by molar-refractivity contribution is 7.99. The first-order chi connectivity index (χ1) is 7.86. The van der Waals surface area contributed by atoms with Crippen LogP contribution in [0.25, 0.3) is 10.8 Å². The zero-order valence-corrected chi connectivity index (χ0v) is 9.78. The second-order valence-electron chi connectivity index (χ2n) is 3.51. The van der Waals surface area contributed by atoms with Gasteiger partial charge < -0.3 is 14.8 Å². The number of aromatic nitrogens is 1. The lowest BCUT2D eigenvalue weighted by atomic mass is 10.2. The molecule has 0 atom stereocenters. The van der Waals surface area contributed by atoms with E-state index in [2.05, 4.69) is 12.1 Å². The summed E-state index contributed by atoms with van der Waals surface area (Å²) in [5.41, 5.74) is 0.